The summed E-state index contributed by atoms with van der Waals surface area (Å²) >= 11 is 0. The van der Waals surface area contributed by atoms with Crippen LogP contribution in [0.4, 0.5) is 4.79 Å². The monoisotopic (exact) mass is 266 g/mol. The maximum absolute atomic E-state index is 12.0. The normalized spacial score (nSPS) is 16.7. The molecule has 0 spiro atoms. The van der Waals surface area contributed by atoms with Gasteiger partial charge in [-0.3, -0.25) is 0 Å². The van der Waals surface area contributed by atoms with E-state index in [0.29, 0.717) is 25.3 Å². The molecule has 19 heavy (non-hydrogen) atoms. The fourth-order valence-corrected chi connectivity index (χ4v) is 1.73. The van der Waals surface area contributed by atoms with E-state index >= 15 is 0 Å². The lowest BCUT2D eigenvalue weighted by Gasteiger charge is -2.22. The van der Waals surface area contributed by atoms with Gasteiger partial charge in [0.05, 0.1) is 0 Å². The highest BCUT2D eigenvalue weighted by atomic mass is 16.6. The first-order chi connectivity index (χ1) is 8.99. The Morgan fingerprint density at radius 1 is 1.47 bits per heavy atom. The van der Waals surface area contributed by atoms with Crippen molar-refractivity contribution < 1.29 is 9.53 Å². The smallest absolute Gasteiger partial charge is 0.406 e. The predicted molar refractivity (Wildman–Crippen MR) is 75.5 cm³/mol. The summed E-state index contributed by atoms with van der Waals surface area (Å²) < 4.78 is 5.39. The molecule has 0 saturated carbocycles. The second-order valence-electron chi connectivity index (χ2n) is 4.39. The van der Waals surface area contributed by atoms with E-state index in [1.807, 2.05) is 39.0 Å². The molecule has 0 radical (unpaired) electrons. The van der Waals surface area contributed by atoms with Crippen molar-refractivity contribution in [2.24, 2.45) is 10.7 Å². The predicted octanol–water partition coefficient (Wildman–Crippen LogP) is 1.51. The number of carbonyl (C=O) groups is 1. The number of nitrogens with two attached hydrogens (primary N) is 1. The molecule has 1 heterocycles. The van der Waals surface area contributed by atoms with Crippen LogP contribution in [0.25, 0.3) is 0 Å². The van der Waals surface area contributed by atoms with Crippen molar-refractivity contribution in [2.45, 2.75) is 20.3 Å². The first-order valence-electron chi connectivity index (χ1n) is 6.36. The molecular weight excluding hydrogens is 244 g/mol. The number of hydrogen-bond donors (Lipinski definition) is 1. The molecule has 0 aromatic carbocycles. The number of allylic oxidation sites excluding steroid dienone is 1. The van der Waals surface area contributed by atoms with Crippen LogP contribution in [-0.2, 0) is 4.74 Å². The molecule has 1 aliphatic rings. The minimum atomic E-state index is -0.398. The van der Waals surface area contributed by atoms with Crippen molar-refractivity contribution in [3.05, 3.63) is 23.4 Å². The molecule has 1 aliphatic heterocycles. The van der Waals surface area contributed by atoms with Crippen molar-refractivity contribution in [1.29, 1.82) is 0 Å². The lowest BCUT2D eigenvalue weighted by atomic mass is 10.1. The van der Waals surface area contributed by atoms with E-state index in [1.54, 1.807) is 11.1 Å². The minimum absolute atomic E-state index is 0.236. The Hall–Kier alpha value is -1.98. The molecule has 6 nitrogen and oxygen atoms in total. The minimum Gasteiger partial charge on any atom is -0.406 e. The molecule has 0 saturated heterocycles. The summed E-state index contributed by atoms with van der Waals surface area (Å²) in [7, 11) is 3.80. The highest BCUT2D eigenvalue weighted by Gasteiger charge is 2.21. The Morgan fingerprint density at radius 3 is 2.63 bits per heavy atom. The Bertz CT molecular complexity index is 420. The fraction of sp³-hybridized carbons (Fsp3) is 0.538. The van der Waals surface area contributed by atoms with Crippen LogP contribution in [0, 0.1) is 0 Å². The van der Waals surface area contributed by atoms with E-state index < -0.39 is 6.09 Å². The number of amides is 1. The molecule has 0 bridgehead atoms. The van der Waals surface area contributed by atoms with Crippen molar-refractivity contribution >= 4 is 12.3 Å². The number of nitrogens with zero attached hydrogens (tertiary/aromatic N) is 3. The number of hydrogen-bond acceptors (Lipinski definition) is 5. The van der Waals surface area contributed by atoms with Gasteiger partial charge in [0.25, 0.3) is 0 Å². The first-order valence-corrected chi connectivity index (χ1v) is 6.36. The standard InChI is InChI=1S/C13H22N4O2/c1-5-17(6-2)13(18)19-11-10(9-16(3)4)7-8-15-12(11)14/h8-9H,5-7,14H2,1-4H3. The Morgan fingerprint density at radius 2 is 2.11 bits per heavy atom. The lowest BCUT2D eigenvalue weighted by Crippen LogP contribution is -2.32. The zero-order chi connectivity index (χ0) is 14.4. The van der Waals surface area contributed by atoms with Crippen molar-refractivity contribution in [2.75, 3.05) is 27.2 Å². The second kappa shape index (κ2) is 6.82. The van der Waals surface area contributed by atoms with Gasteiger partial charge in [-0.15, -0.1) is 0 Å². The summed E-state index contributed by atoms with van der Waals surface area (Å²) in [6.07, 6.45) is 3.78. The van der Waals surface area contributed by atoms with Crippen LogP contribution in [-0.4, -0.2) is 49.3 Å². The number of rotatable bonds is 4. The van der Waals surface area contributed by atoms with Crippen molar-refractivity contribution in [3.63, 3.8) is 0 Å². The van der Waals surface area contributed by atoms with Gasteiger partial charge in [-0.1, -0.05) is 0 Å². The third-order valence-corrected chi connectivity index (χ3v) is 2.69. The summed E-state index contributed by atoms with van der Waals surface area (Å²) in [5.41, 5.74) is 6.65. The molecule has 0 aromatic rings. The summed E-state index contributed by atoms with van der Waals surface area (Å²) in [6.45, 7) is 4.99. The number of ether oxygens (including phenoxy) is 1. The summed E-state index contributed by atoms with van der Waals surface area (Å²) in [5, 5.41) is 0. The Labute approximate surface area is 114 Å². The van der Waals surface area contributed by atoms with E-state index in [0.717, 1.165) is 5.57 Å². The van der Waals surface area contributed by atoms with E-state index in [-0.39, 0.29) is 5.82 Å². The van der Waals surface area contributed by atoms with E-state index in [4.69, 9.17) is 10.5 Å². The molecule has 1 amide bonds. The van der Waals surface area contributed by atoms with Gasteiger partial charge in [0.15, 0.2) is 11.6 Å². The van der Waals surface area contributed by atoms with Crippen molar-refractivity contribution in [3.8, 4) is 0 Å². The molecule has 0 aliphatic carbocycles. The molecule has 1 rings (SSSR count). The third-order valence-electron chi connectivity index (χ3n) is 2.69. The fourth-order valence-electron chi connectivity index (χ4n) is 1.73. The highest BCUT2D eigenvalue weighted by molar-refractivity contribution is 5.73. The second-order valence-corrected chi connectivity index (χ2v) is 4.39. The average Bonchev–Trinajstić information content (AvgIpc) is 2.34. The maximum atomic E-state index is 12.0. The topological polar surface area (TPSA) is 71.2 Å². The van der Waals surface area contributed by atoms with Crippen LogP contribution in [0.15, 0.2) is 28.3 Å². The Kier molecular flexibility index (Phi) is 5.41. The number of carbonyl (C=O) groups excluding carboxylic acids is 1. The van der Waals surface area contributed by atoms with Crippen LogP contribution in [0.3, 0.4) is 0 Å². The van der Waals surface area contributed by atoms with E-state index in [9.17, 15) is 4.79 Å². The molecule has 0 aromatic heterocycles. The molecule has 0 unspecified atom stereocenters. The van der Waals surface area contributed by atoms with Crippen molar-refractivity contribution in [1.82, 2.24) is 9.80 Å². The zero-order valence-electron chi connectivity index (χ0n) is 12.0. The molecule has 0 fully saturated rings. The van der Waals surface area contributed by atoms with E-state index in [1.165, 1.54) is 0 Å². The van der Waals surface area contributed by atoms with Gasteiger partial charge in [-0.05, 0) is 13.8 Å². The SMILES string of the molecule is CCN(CC)C(=O)OC1=C(N)N=CCC1=CN(C)C. The molecular formula is C13H22N4O2. The van der Waals surface area contributed by atoms with Crippen LogP contribution in [0.2, 0.25) is 0 Å². The lowest BCUT2D eigenvalue weighted by molar-refractivity contribution is 0.133. The average molecular weight is 266 g/mol. The summed E-state index contributed by atoms with van der Waals surface area (Å²) in [6, 6.07) is 0. The molecule has 6 heteroatoms. The van der Waals surface area contributed by atoms with E-state index in [2.05, 4.69) is 4.99 Å². The van der Waals surface area contributed by atoms with Gasteiger partial charge in [-0.2, -0.15) is 0 Å². The Balaban J connectivity index is 2.93. The van der Waals surface area contributed by atoms with Gasteiger partial charge < -0.3 is 20.3 Å². The molecule has 0 atom stereocenters. The van der Waals surface area contributed by atoms with Crippen LogP contribution >= 0.6 is 0 Å². The maximum Gasteiger partial charge on any atom is 0.415 e. The quantitative estimate of drug-likeness (QED) is 0.837. The third kappa shape index (κ3) is 4.01. The van der Waals surface area contributed by atoms with Crippen LogP contribution in [0.5, 0.6) is 0 Å². The summed E-state index contributed by atoms with van der Waals surface area (Å²) in [4.78, 5) is 19.5. The molecule has 106 valence electrons. The van der Waals surface area contributed by atoms with Gasteiger partial charge in [0.2, 0.25) is 0 Å². The van der Waals surface area contributed by atoms with Gasteiger partial charge in [0, 0.05) is 51.6 Å². The summed E-state index contributed by atoms with van der Waals surface area (Å²) in [5.74, 6) is 0.591. The highest BCUT2D eigenvalue weighted by Crippen LogP contribution is 2.22. The van der Waals surface area contributed by atoms with Gasteiger partial charge in [0.1, 0.15) is 0 Å². The van der Waals surface area contributed by atoms with Crippen LogP contribution < -0.4 is 5.73 Å². The van der Waals surface area contributed by atoms with Gasteiger partial charge in [-0.25, -0.2) is 9.79 Å². The van der Waals surface area contributed by atoms with Crippen LogP contribution in [0.1, 0.15) is 20.3 Å². The molecule has 2 N–H and O–H groups in total. The number of aliphatic imine (C=N–C) groups is 1. The largest absolute Gasteiger partial charge is 0.415 e. The van der Waals surface area contributed by atoms with Gasteiger partial charge >= 0.3 is 6.09 Å². The zero-order valence-corrected chi connectivity index (χ0v) is 12.0. The first kappa shape index (κ1) is 15.1.